The van der Waals surface area contributed by atoms with Gasteiger partial charge in [0.05, 0.1) is 11.9 Å². The number of pyridine rings is 1. The van der Waals surface area contributed by atoms with Gasteiger partial charge in [-0.3, -0.25) is 0 Å². The van der Waals surface area contributed by atoms with E-state index in [9.17, 15) is 0 Å². The summed E-state index contributed by atoms with van der Waals surface area (Å²) < 4.78 is 0. The van der Waals surface area contributed by atoms with Gasteiger partial charge >= 0.3 is 0 Å². The van der Waals surface area contributed by atoms with Gasteiger partial charge in [0.25, 0.3) is 0 Å². The molecule has 4 N–H and O–H groups in total. The Morgan fingerprint density at radius 3 is 2.73 bits per heavy atom. The smallest absolute Gasteiger partial charge is 0.129 e. The average molecular weight is 209 g/mol. The third kappa shape index (κ3) is 3.40. The molecule has 0 atom stereocenters. The van der Waals surface area contributed by atoms with Crippen LogP contribution in [0.25, 0.3) is 0 Å². The molecule has 0 amide bonds. The van der Waals surface area contributed by atoms with E-state index in [1.807, 2.05) is 26.8 Å². The Bertz CT molecular complexity index is 337. The lowest BCUT2D eigenvalue weighted by atomic mass is 10.0. The summed E-state index contributed by atoms with van der Waals surface area (Å²) in [7, 11) is 0. The molecule has 0 aromatic carbocycles. The normalized spacial score (nSPS) is 11.5. The third-order valence-corrected chi connectivity index (χ3v) is 2.29. The fraction of sp³-hybridized carbons (Fsp3) is 0.545. The summed E-state index contributed by atoms with van der Waals surface area (Å²) in [5.41, 5.74) is 7.14. The van der Waals surface area contributed by atoms with Crippen LogP contribution in [0.4, 0.5) is 11.5 Å². The van der Waals surface area contributed by atoms with E-state index in [1.54, 1.807) is 6.20 Å². The summed E-state index contributed by atoms with van der Waals surface area (Å²) in [5, 5.41) is 12.2. The zero-order valence-corrected chi connectivity index (χ0v) is 9.54. The largest absolute Gasteiger partial charge is 0.397 e. The van der Waals surface area contributed by atoms with Crippen LogP contribution >= 0.6 is 0 Å². The predicted molar refractivity (Wildman–Crippen MR) is 62.8 cm³/mol. The molecular weight excluding hydrogens is 190 g/mol. The fourth-order valence-corrected chi connectivity index (χ4v) is 1.39. The van der Waals surface area contributed by atoms with Gasteiger partial charge in [-0.1, -0.05) is 0 Å². The summed E-state index contributed by atoms with van der Waals surface area (Å²) in [5.74, 6) is 0.822. The first kappa shape index (κ1) is 11.8. The first-order valence-electron chi connectivity index (χ1n) is 5.06. The molecule has 1 aromatic rings. The van der Waals surface area contributed by atoms with Crippen LogP contribution in [0.1, 0.15) is 25.8 Å². The van der Waals surface area contributed by atoms with E-state index < -0.39 is 0 Å². The number of nitrogens with two attached hydrogens (primary N) is 1. The van der Waals surface area contributed by atoms with Crippen LogP contribution in [-0.4, -0.2) is 22.2 Å². The molecule has 1 rings (SSSR count). The van der Waals surface area contributed by atoms with Crippen molar-refractivity contribution in [1.29, 1.82) is 0 Å². The van der Waals surface area contributed by atoms with Gasteiger partial charge in [0.1, 0.15) is 5.82 Å². The highest BCUT2D eigenvalue weighted by Crippen LogP contribution is 2.20. The number of nitrogens with zero attached hydrogens (tertiary/aromatic N) is 1. The Labute approximate surface area is 90.5 Å². The second-order valence-corrected chi connectivity index (χ2v) is 4.42. The molecule has 4 nitrogen and oxygen atoms in total. The van der Waals surface area contributed by atoms with Crippen molar-refractivity contribution in [2.75, 3.05) is 17.7 Å². The van der Waals surface area contributed by atoms with Crippen molar-refractivity contribution in [3.63, 3.8) is 0 Å². The summed E-state index contributed by atoms with van der Waals surface area (Å²) in [6.07, 6.45) is 2.31. The van der Waals surface area contributed by atoms with E-state index in [1.165, 1.54) is 0 Å². The number of aliphatic hydroxyl groups excluding tert-OH is 1. The lowest BCUT2D eigenvalue weighted by Gasteiger charge is -2.26. The van der Waals surface area contributed by atoms with Crippen LogP contribution < -0.4 is 11.1 Å². The Morgan fingerprint density at radius 1 is 1.53 bits per heavy atom. The van der Waals surface area contributed by atoms with Crippen LogP contribution in [0.5, 0.6) is 0 Å². The Balaban J connectivity index is 2.80. The molecule has 0 saturated heterocycles. The van der Waals surface area contributed by atoms with Crippen molar-refractivity contribution < 1.29 is 5.11 Å². The molecule has 1 heterocycles. The van der Waals surface area contributed by atoms with E-state index >= 15 is 0 Å². The zero-order valence-electron chi connectivity index (χ0n) is 9.54. The SMILES string of the molecule is Cc1cc(N)cnc1NC(C)(C)CCO. The van der Waals surface area contributed by atoms with Gasteiger partial charge < -0.3 is 16.2 Å². The van der Waals surface area contributed by atoms with Crippen LogP contribution in [0, 0.1) is 6.92 Å². The van der Waals surface area contributed by atoms with E-state index in [4.69, 9.17) is 10.8 Å². The number of hydrogen-bond acceptors (Lipinski definition) is 4. The van der Waals surface area contributed by atoms with Crippen LogP contribution in [0.15, 0.2) is 12.3 Å². The van der Waals surface area contributed by atoms with Crippen LogP contribution in [-0.2, 0) is 0 Å². The summed E-state index contributed by atoms with van der Waals surface area (Å²) in [6, 6.07) is 1.88. The average Bonchev–Trinajstić information content (AvgIpc) is 2.09. The van der Waals surface area contributed by atoms with Gasteiger partial charge in [0, 0.05) is 12.1 Å². The maximum atomic E-state index is 8.91. The van der Waals surface area contributed by atoms with E-state index in [2.05, 4.69) is 10.3 Å². The number of aromatic nitrogens is 1. The van der Waals surface area contributed by atoms with Crippen LogP contribution in [0.2, 0.25) is 0 Å². The highest BCUT2D eigenvalue weighted by atomic mass is 16.3. The van der Waals surface area contributed by atoms with Gasteiger partial charge in [0.15, 0.2) is 0 Å². The predicted octanol–water partition coefficient (Wildman–Crippen LogP) is 1.55. The summed E-state index contributed by atoms with van der Waals surface area (Å²) >= 11 is 0. The molecule has 4 heteroatoms. The molecule has 0 aliphatic heterocycles. The minimum Gasteiger partial charge on any atom is -0.397 e. The monoisotopic (exact) mass is 209 g/mol. The number of hydrogen-bond donors (Lipinski definition) is 3. The minimum atomic E-state index is -0.164. The Morgan fingerprint density at radius 2 is 2.20 bits per heavy atom. The first-order chi connectivity index (χ1) is 6.94. The Kier molecular flexibility index (Phi) is 3.52. The van der Waals surface area contributed by atoms with Crippen molar-refractivity contribution in [3.8, 4) is 0 Å². The topological polar surface area (TPSA) is 71.2 Å². The highest BCUT2D eigenvalue weighted by Gasteiger charge is 2.17. The van der Waals surface area contributed by atoms with E-state index in [0.717, 1.165) is 11.4 Å². The highest BCUT2D eigenvalue weighted by molar-refractivity contribution is 5.51. The summed E-state index contributed by atoms with van der Waals surface area (Å²) in [6.45, 7) is 6.18. The van der Waals surface area contributed by atoms with E-state index in [0.29, 0.717) is 12.1 Å². The first-order valence-corrected chi connectivity index (χ1v) is 5.06. The molecule has 0 aliphatic carbocycles. The molecule has 84 valence electrons. The van der Waals surface area contributed by atoms with Crippen molar-refractivity contribution in [2.24, 2.45) is 0 Å². The maximum Gasteiger partial charge on any atom is 0.129 e. The maximum absolute atomic E-state index is 8.91. The van der Waals surface area contributed by atoms with Gasteiger partial charge in [-0.2, -0.15) is 0 Å². The number of rotatable bonds is 4. The number of aliphatic hydroxyl groups is 1. The molecule has 15 heavy (non-hydrogen) atoms. The van der Waals surface area contributed by atoms with E-state index in [-0.39, 0.29) is 12.1 Å². The van der Waals surface area contributed by atoms with Gasteiger partial charge in [-0.25, -0.2) is 4.98 Å². The lowest BCUT2D eigenvalue weighted by Crippen LogP contribution is -2.32. The fourth-order valence-electron chi connectivity index (χ4n) is 1.39. The quantitative estimate of drug-likeness (QED) is 0.703. The molecule has 0 unspecified atom stereocenters. The number of nitrogen functional groups attached to an aromatic ring is 1. The number of nitrogens with one attached hydrogen (secondary N) is 1. The molecule has 0 radical (unpaired) electrons. The second-order valence-electron chi connectivity index (χ2n) is 4.42. The van der Waals surface area contributed by atoms with Gasteiger partial charge in [-0.05, 0) is 38.8 Å². The van der Waals surface area contributed by atoms with Crippen LogP contribution in [0.3, 0.4) is 0 Å². The van der Waals surface area contributed by atoms with Crippen molar-refractivity contribution in [2.45, 2.75) is 32.7 Å². The molecule has 1 aromatic heterocycles. The third-order valence-electron chi connectivity index (χ3n) is 2.29. The zero-order chi connectivity index (χ0) is 11.5. The van der Waals surface area contributed by atoms with Gasteiger partial charge in [0.2, 0.25) is 0 Å². The number of anilines is 2. The van der Waals surface area contributed by atoms with Crippen molar-refractivity contribution in [1.82, 2.24) is 4.98 Å². The number of aryl methyl sites for hydroxylation is 1. The molecule has 0 bridgehead atoms. The molecule has 0 spiro atoms. The molecule has 0 saturated carbocycles. The second kappa shape index (κ2) is 4.49. The minimum absolute atomic E-state index is 0.161. The van der Waals surface area contributed by atoms with Crippen molar-refractivity contribution >= 4 is 11.5 Å². The van der Waals surface area contributed by atoms with Crippen molar-refractivity contribution in [3.05, 3.63) is 17.8 Å². The molecular formula is C11H19N3O. The lowest BCUT2D eigenvalue weighted by molar-refractivity contribution is 0.260. The molecule has 0 aliphatic rings. The summed E-state index contributed by atoms with van der Waals surface area (Å²) in [4.78, 5) is 4.23. The molecule has 0 fully saturated rings. The standard InChI is InChI=1S/C11H19N3O/c1-8-6-9(12)7-13-10(8)14-11(2,3)4-5-15/h6-7,15H,4-5,12H2,1-3H3,(H,13,14). The van der Waals surface area contributed by atoms with Gasteiger partial charge in [-0.15, -0.1) is 0 Å². The Hall–Kier alpha value is -1.29.